The number of rotatable bonds is 3. The molecule has 0 radical (unpaired) electrons. The van der Waals surface area contributed by atoms with Gasteiger partial charge < -0.3 is 11.5 Å². The summed E-state index contributed by atoms with van der Waals surface area (Å²) < 4.78 is 0. The number of nitrogens with two attached hydrogens (primary N) is 2. The van der Waals surface area contributed by atoms with Crippen LogP contribution in [-0.4, -0.2) is 9.97 Å². The van der Waals surface area contributed by atoms with Gasteiger partial charge in [-0.1, -0.05) is 36.4 Å². The molecule has 0 aliphatic rings. The first-order valence-corrected chi connectivity index (χ1v) is 6.58. The second kappa shape index (κ2) is 5.17. The van der Waals surface area contributed by atoms with E-state index in [1.54, 1.807) is 0 Å². The number of fused-ring (bicyclic) bond motifs is 1. The molecule has 4 N–H and O–H groups in total. The van der Waals surface area contributed by atoms with Crippen LogP contribution in [0.3, 0.4) is 0 Å². The fourth-order valence-corrected chi connectivity index (χ4v) is 2.31. The van der Waals surface area contributed by atoms with E-state index in [1.165, 1.54) is 11.1 Å². The van der Waals surface area contributed by atoms with E-state index in [0.717, 1.165) is 23.7 Å². The molecule has 2 aromatic carbocycles. The number of hydrogen-bond acceptors (Lipinski definition) is 4. The lowest BCUT2D eigenvalue weighted by molar-refractivity contribution is 0.962. The predicted molar refractivity (Wildman–Crippen MR) is 82.2 cm³/mol. The van der Waals surface area contributed by atoms with Crippen molar-refractivity contribution >= 4 is 22.7 Å². The molecule has 0 spiro atoms. The normalized spacial score (nSPS) is 10.8. The van der Waals surface area contributed by atoms with Gasteiger partial charge in [0.1, 0.15) is 5.82 Å². The van der Waals surface area contributed by atoms with Crippen molar-refractivity contribution in [2.75, 3.05) is 11.5 Å². The van der Waals surface area contributed by atoms with Gasteiger partial charge in [0, 0.05) is 5.39 Å². The molecule has 0 aliphatic heterocycles. The third-order valence-corrected chi connectivity index (χ3v) is 3.35. The summed E-state index contributed by atoms with van der Waals surface area (Å²) in [5.74, 6) is 0.654. The van der Waals surface area contributed by atoms with Crippen LogP contribution in [0.15, 0.2) is 48.5 Å². The molecule has 3 aromatic rings. The fourth-order valence-electron chi connectivity index (χ4n) is 2.31. The summed E-state index contributed by atoms with van der Waals surface area (Å²) in [5.41, 5.74) is 14.8. The van der Waals surface area contributed by atoms with Crippen LogP contribution in [0.2, 0.25) is 0 Å². The van der Waals surface area contributed by atoms with Gasteiger partial charge in [-0.2, -0.15) is 4.98 Å². The van der Waals surface area contributed by atoms with Crippen LogP contribution in [-0.2, 0) is 12.8 Å². The first kappa shape index (κ1) is 12.4. The number of aryl methyl sites for hydroxylation is 2. The minimum Gasteiger partial charge on any atom is -0.383 e. The van der Waals surface area contributed by atoms with Crippen molar-refractivity contribution in [2.45, 2.75) is 12.8 Å². The Labute approximate surface area is 117 Å². The maximum absolute atomic E-state index is 5.90. The number of anilines is 2. The summed E-state index contributed by atoms with van der Waals surface area (Å²) in [6, 6.07) is 16.5. The predicted octanol–water partition coefficient (Wildman–Crippen LogP) is 2.58. The van der Waals surface area contributed by atoms with Crippen LogP contribution in [0, 0.1) is 0 Å². The first-order valence-electron chi connectivity index (χ1n) is 6.58. The maximum atomic E-state index is 5.90. The molecule has 0 saturated heterocycles. The van der Waals surface area contributed by atoms with E-state index in [1.807, 2.05) is 18.2 Å². The second-order valence-corrected chi connectivity index (χ2v) is 4.80. The molecule has 0 unspecified atom stereocenters. The van der Waals surface area contributed by atoms with E-state index in [4.69, 9.17) is 11.5 Å². The van der Waals surface area contributed by atoms with E-state index >= 15 is 0 Å². The quantitative estimate of drug-likeness (QED) is 0.762. The number of nitrogen functional groups attached to an aromatic ring is 2. The van der Waals surface area contributed by atoms with Crippen LogP contribution in [0.4, 0.5) is 11.8 Å². The lowest BCUT2D eigenvalue weighted by Crippen LogP contribution is -2.01. The number of benzene rings is 2. The SMILES string of the molecule is Nc1nc(N)c2cc(CCc3ccccc3)ccc2n1. The van der Waals surface area contributed by atoms with Crippen LogP contribution >= 0.6 is 0 Å². The van der Waals surface area contributed by atoms with Gasteiger partial charge in [0.2, 0.25) is 5.95 Å². The lowest BCUT2D eigenvalue weighted by atomic mass is 10.0. The van der Waals surface area contributed by atoms with Crippen LogP contribution in [0.25, 0.3) is 10.9 Å². The Bertz CT molecular complexity index is 738. The molecule has 3 rings (SSSR count). The lowest BCUT2D eigenvalue weighted by Gasteiger charge is -2.06. The van der Waals surface area contributed by atoms with Gasteiger partial charge >= 0.3 is 0 Å². The summed E-state index contributed by atoms with van der Waals surface area (Å²) in [7, 11) is 0. The molecule has 0 amide bonds. The molecule has 0 fully saturated rings. The van der Waals surface area contributed by atoms with Gasteiger partial charge in [0.25, 0.3) is 0 Å². The summed E-state index contributed by atoms with van der Waals surface area (Å²) >= 11 is 0. The van der Waals surface area contributed by atoms with E-state index in [-0.39, 0.29) is 5.95 Å². The number of nitrogens with zero attached hydrogens (tertiary/aromatic N) is 2. The smallest absolute Gasteiger partial charge is 0.222 e. The zero-order valence-corrected chi connectivity index (χ0v) is 11.1. The highest BCUT2D eigenvalue weighted by molar-refractivity contribution is 5.89. The highest BCUT2D eigenvalue weighted by Crippen LogP contribution is 2.21. The summed E-state index contributed by atoms with van der Waals surface area (Å²) in [6.45, 7) is 0. The average molecular weight is 264 g/mol. The van der Waals surface area contributed by atoms with Crippen LogP contribution < -0.4 is 11.5 Å². The van der Waals surface area contributed by atoms with Crippen LogP contribution in [0.5, 0.6) is 0 Å². The second-order valence-electron chi connectivity index (χ2n) is 4.80. The Morgan fingerprint density at radius 1 is 0.800 bits per heavy atom. The highest BCUT2D eigenvalue weighted by Gasteiger charge is 2.04. The maximum Gasteiger partial charge on any atom is 0.222 e. The molecule has 0 bridgehead atoms. The molecule has 100 valence electrons. The zero-order valence-electron chi connectivity index (χ0n) is 11.1. The molecule has 20 heavy (non-hydrogen) atoms. The Hall–Kier alpha value is -2.62. The van der Waals surface area contributed by atoms with Gasteiger partial charge in [-0.05, 0) is 36.1 Å². The standard InChI is InChI=1S/C16H16N4/c17-15-13-10-12(7-6-11-4-2-1-3-5-11)8-9-14(13)19-16(18)20-15/h1-5,8-10H,6-7H2,(H4,17,18,19,20). The zero-order chi connectivity index (χ0) is 13.9. The average Bonchev–Trinajstić information content (AvgIpc) is 2.46. The van der Waals surface area contributed by atoms with E-state index in [2.05, 4.69) is 40.3 Å². The highest BCUT2D eigenvalue weighted by atomic mass is 15.0. The largest absolute Gasteiger partial charge is 0.383 e. The molecule has 1 aromatic heterocycles. The summed E-state index contributed by atoms with van der Waals surface area (Å²) in [4.78, 5) is 8.19. The molecule has 0 saturated carbocycles. The van der Waals surface area contributed by atoms with Crippen LogP contribution in [0.1, 0.15) is 11.1 Å². The third kappa shape index (κ3) is 2.54. The van der Waals surface area contributed by atoms with Gasteiger partial charge in [-0.3, -0.25) is 0 Å². The number of hydrogen-bond donors (Lipinski definition) is 2. The molecule has 0 atom stereocenters. The molecule has 4 heteroatoms. The summed E-state index contributed by atoms with van der Waals surface area (Å²) in [6.07, 6.45) is 1.96. The van der Waals surface area contributed by atoms with E-state index in [0.29, 0.717) is 5.82 Å². The van der Waals surface area contributed by atoms with E-state index in [9.17, 15) is 0 Å². The minimum atomic E-state index is 0.215. The van der Waals surface area contributed by atoms with E-state index < -0.39 is 0 Å². The minimum absolute atomic E-state index is 0.215. The fraction of sp³-hybridized carbons (Fsp3) is 0.125. The Morgan fingerprint density at radius 2 is 1.55 bits per heavy atom. The Balaban J connectivity index is 1.86. The van der Waals surface area contributed by atoms with Crippen molar-refractivity contribution in [2.24, 2.45) is 0 Å². The van der Waals surface area contributed by atoms with Crippen molar-refractivity contribution in [1.82, 2.24) is 9.97 Å². The van der Waals surface area contributed by atoms with Gasteiger partial charge in [0.05, 0.1) is 5.52 Å². The molecule has 4 nitrogen and oxygen atoms in total. The summed E-state index contributed by atoms with van der Waals surface area (Å²) in [5, 5.41) is 0.866. The van der Waals surface area contributed by atoms with Gasteiger partial charge in [-0.15, -0.1) is 0 Å². The molecular formula is C16H16N4. The van der Waals surface area contributed by atoms with Gasteiger partial charge in [0.15, 0.2) is 0 Å². The monoisotopic (exact) mass is 264 g/mol. The molecular weight excluding hydrogens is 248 g/mol. The molecule has 1 heterocycles. The molecule has 0 aliphatic carbocycles. The Morgan fingerprint density at radius 3 is 2.35 bits per heavy atom. The van der Waals surface area contributed by atoms with Crippen molar-refractivity contribution in [3.05, 3.63) is 59.7 Å². The third-order valence-electron chi connectivity index (χ3n) is 3.35. The Kier molecular flexibility index (Phi) is 3.21. The topological polar surface area (TPSA) is 77.8 Å². The van der Waals surface area contributed by atoms with Crippen molar-refractivity contribution in [3.8, 4) is 0 Å². The van der Waals surface area contributed by atoms with Crippen molar-refractivity contribution < 1.29 is 0 Å². The first-order chi connectivity index (χ1) is 9.72. The van der Waals surface area contributed by atoms with Crippen molar-refractivity contribution in [3.63, 3.8) is 0 Å². The van der Waals surface area contributed by atoms with Gasteiger partial charge in [-0.25, -0.2) is 4.98 Å². The number of aromatic nitrogens is 2. The van der Waals surface area contributed by atoms with Crippen molar-refractivity contribution in [1.29, 1.82) is 0 Å².